The van der Waals surface area contributed by atoms with Gasteiger partial charge in [-0.05, 0) is 19.8 Å². The van der Waals surface area contributed by atoms with Crippen LogP contribution in [0.5, 0.6) is 0 Å². The van der Waals surface area contributed by atoms with Crippen molar-refractivity contribution >= 4 is 22.4 Å². The maximum atomic E-state index is 11.3. The zero-order valence-corrected chi connectivity index (χ0v) is 9.56. The van der Waals surface area contributed by atoms with Crippen LogP contribution in [0.25, 0.3) is 0 Å². The molecule has 82 valence electrons. The minimum atomic E-state index is 0.137. The second-order valence-corrected chi connectivity index (χ2v) is 4.67. The van der Waals surface area contributed by atoms with Crippen molar-refractivity contribution < 1.29 is 4.79 Å². The number of nitrogens with zero attached hydrogens (tertiary/aromatic N) is 1. The molecule has 2 rings (SSSR count). The Balaban J connectivity index is 1.63. The SMILES string of the molecule is Cc1csc(NCCC(=O)NC2CC2)n1. The van der Waals surface area contributed by atoms with E-state index in [0.717, 1.165) is 23.7 Å². The molecule has 15 heavy (non-hydrogen) atoms. The fraction of sp³-hybridized carbons (Fsp3) is 0.600. The molecule has 1 aliphatic rings. The molecule has 1 amide bonds. The minimum absolute atomic E-state index is 0.137. The van der Waals surface area contributed by atoms with E-state index in [2.05, 4.69) is 15.6 Å². The van der Waals surface area contributed by atoms with Gasteiger partial charge in [0.15, 0.2) is 5.13 Å². The van der Waals surface area contributed by atoms with E-state index in [0.29, 0.717) is 19.0 Å². The highest BCUT2D eigenvalue weighted by Crippen LogP contribution is 2.18. The lowest BCUT2D eigenvalue weighted by Crippen LogP contribution is -2.27. The topological polar surface area (TPSA) is 54.0 Å². The van der Waals surface area contributed by atoms with Crippen molar-refractivity contribution in [1.82, 2.24) is 10.3 Å². The first kappa shape index (κ1) is 10.4. The Labute approximate surface area is 93.1 Å². The number of carbonyl (C=O) groups excluding carboxylic acids is 1. The van der Waals surface area contributed by atoms with Crippen molar-refractivity contribution in [3.05, 3.63) is 11.1 Å². The first-order valence-corrected chi connectivity index (χ1v) is 6.07. The maximum absolute atomic E-state index is 11.3. The van der Waals surface area contributed by atoms with Crippen LogP contribution in [0, 0.1) is 6.92 Å². The van der Waals surface area contributed by atoms with Crippen LogP contribution in [0.2, 0.25) is 0 Å². The summed E-state index contributed by atoms with van der Waals surface area (Å²) < 4.78 is 0. The van der Waals surface area contributed by atoms with Crippen molar-refractivity contribution in [3.63, 3.8) is 0 Å². The quantitative estimate of drug-likeness (QED) is 0.799. The van der Waals surface area contributed by atoms with Crippen molar-refractivity contribution in [3.8, 4) is 0 Å². The fourth-order valence-corrected chi connectivity index (χ4v) is 1.96. The summed E-state index contributed by atoms with van der Waals surface area (Å²) in [6, 6.07) is 0.458. The van der Waals surface area contributed by atoms with E-state index >= 15 is 0 Å². The lowest BCUT2D eigenvalue weighted by atomic mass is 10.4. The number of amides is 1. The second-order valence-electron chi connectivity index (χ2n) is 3.81. The summed E-state index contributed by atoms with van der Waals surface area (Å²) >= 11 is 1.57. The van der Waals surface area contributed by atoms with Crippen LogP contribution in [-0.4, -0.2) is 23.5 Å². The lowest BCUT2D eigenvalue weighted by Gasteiger charge is -2.03. The lowest BCUT2D eigenvalue weighted by molar-refractivity contribution is -0.120. The Kier molecular flexibility index (Phi) is 3.20. The normalized spacial score (nSPS) is 15.0. The Bertz CT molecular complexity index is 346. The van der Waals surface area contributed by atoms with Crippen LogP contribution >= 0.6 is 11.3 Å². The summed E-state index contributed by atoms with van der Waals surface area (Å²) in [5, 5.41) is 8.97. The number of nitrogens with one attached hydrogen (secondary N) is 2. The van der Waals surface area contributed by atoms with E-state index in [9.17, 15) is 4.79 Å². The van der Waals surface area contributed by atoms with Gasteiger partial charge in [-0.3, -0.25) is 4.79 Å². The van der Waals surface area contributed by atoms with Gasteiger partial charge in [0, 0.05) is 24.4 Å². The average Bonchev–Trinajstić information content (AvgIpc) is 2.89. The summed E-state index contributed by atoms with van der Waals surface area (Å²) in [6.45, 7) is 2.62. The Morgan fingerprint density at radius 2 is 2.47 bits per heavy atom. The fourth-order valence-electron chi connectivity index (χ4n) is 1.25. The molecule has 1 saturated carbocycles. The van der Waals surface area contributed by atoms with Crippen molar-refractivity contribution in [2.45, 2.75) is 32.2 Å². The van der Waals surface area contributed by atoms with Gasteiger partial charge in [-0.15, -0.1) is 11.3 Å². The third-order valence-electron chi connectivity index (χ3n) is 2.19. The number of hydrogen-bond acceptors (Lipinski definition) is 4. The first-order valence-electron chi connectivity index (χ1n) is 5.19. The number of rotatable bonds is 5. The standard InChI is InChI=1S/C10H15N3OS/c1-7-6-15-10(12-7)11-5-4-9(14)13-8-2-3-8/h6,8H,2-5H2,1H3,(H,11,12)(H,13,14). The number of hydrogen-bond donors (Lipinski definition) is 2. The molecular weight excluding hydrogens is 210 g/mol. The van der Waals surface area contributed by atoms with Gasteiger partial charge >= 0.3 is 0 Å². The van der Waals surface area contributed by atoms with Crippen molar-refractivity contribution in [2.24, 2.45) is 0 Å². The van der Waals surface area contributed by atoms with Gasteiger partial charge in [-0.25, -0.2) is 4.98 Å². The number of aromatic nitrogens is 1. The predicted octanol–water partition coefficient (Wildman–Crippen LogP) is 1.53. The molecule has 0 bridgehead atoms. The number of aryl methyl sites for hydroxylation is 1. The molecule has 1 fully saturated rings. The van der Waals surface area contributed by atoms with E-state index in [1.54, 1.807) is 11.3 Å². The molecule has 1 aliphatic carbocycles. The largest absolute Gasteiger partial charge is 0.361 e. The Morgan fingerprint density at radius 1 is 1.67 bits per heavy atom. The molecule has 0 unspecified atom stereocenters. The van der Waals surface area contributed by atoms with Crippen molar-refractivity contribution in [2.75, 3.05) is 11.9 Å². The van der Waals surface area contributed by atoms with Crippen LogP contribution in [-0.2, 0) is 4.79 Å². The third kappa shape index (κ3) is 3.51. The molecular formula is C10H15N3OS. The summed E-state index contributed by atoms with van der Waals surface area (Å²) in [4.78, 5) is 15.6. The number of carbonyl (C=O) groups is 1. The van der Waals surface area contributed by atoms with Gasteiger partial charge in [0.25, 0.3) is 0 Å². The molecule has 5 heteroatoms. The van der Waals surface area contributed by atoms with E-state index in [1.165, 1.54) is 0 Å². The second kappa shape index (κ2) is 4.61. The molecule has 0 aliphatic heterocycles. The highest BCUT2D eigenvalue weighted by atomic mass is 32.1. The molecule has 2 N–H and O–H groups in total. The van der Waals surface area contributed by atoms with Crippen LogP contribution in [0.15, 0.2) is 5.38 Å². The minimum Gasteiger partial charge on any atom is -0.361 e. The van der Waals surface area contributed by atoms with Crippen LogP contribution in [0.1, 0.15) is 25.0 Å². The maximum Gasteiger partial charge on any atom is 0.221 e. The van der Waals surface area contributed by atoms with E-state index < -0.39 is 0 Å². The average molecular weight is 225 g/mol. The van der Waals surface area contributed by atoms with Crippen LogP contribution in [0.4, 0.5) is 5.13 Å². The van der Waals surface area contributed by atoms with Crippen LogP contribution < -0.4 is 10.6 Å². The summed E-state index contributed by atoms with van der Waals surface area (Å²) in [6.07, 6.45) is 2.81. The summed E-state index contributed by atoms with van der Waals surface area (Å²) in [5.74, 6) is 0.137. The summed E-state index contributed by atoms with van der Waals surface area (Å²) in [7, 11) is 0. The van der Waals surface area contributed by atoms with Crippen molar-refractivity contribution in [1.29, 1.82) is 0 Å². The van der Waals surface area contributed by atoms with E-state index in [4.69, 9.17) is 0 Å². The molecule has 1 heterocycles. The van der Waals surface area contributed by atoms with Crippen LogP contribution in [0.3, 0.4) is 0 Å². The third-order valence-corrected chi connectivity index (χ3v) is 3.11. The van der Waals surface area contributed by atoms with Gasteiger partial charge in [-0.1, -0.05) is 0 Å². The number of anilines is 1. The molecule has 0 aromatic carbocycles. The molecule has 4 nitrogen and oxygen atoms in total. The van der Waals surface area contributed by atoms with Gasteiger partial charge in [0.2, 0.25) is 5.91 Å². The highest BCUT2D eigenvalue weighted by Gasteiger charge is 2.22. The van der Waals surface area contributed by atoms with Gasteiger partial charge < -0.3 is 10.6 Å². The monoisotopic (exact) mass is 225 g/mol. The molecule has 1 aromatic heterocycles. The van der Waals surface area contributed by atoms with Gasteiger partial charge in [0.1, 0.15) is 0 Å². The van der Waals surface area contributed by atoms with Gasteiger partial charge in [-0.2, -0.15) is 0 Å². The molecule has 0 saturated heterocycles. The zero-order chi connectivity index (χ0) is 10.7. The van der Waals surface area contributed by atoms with E-state index in [-0.39, 0.29) is 5.91 Å². The smallest absolute Gasteiger partial charge is 0.221 e. The highest BCUT2D eigenvalue weighted by molar-refractivity contribution is 7.13. The molecule has 1 aromatic rings. The first-order chi connectivity index (χ1) is 7.24. The molecule has 0 radical (unpaired) electrons. The zero-order valence-electron chi connectivity index (χ0n) is 8.75. The van der Waals surface area contributed by atoms with E-state index in [1.807, 2.05) is 12.3 Å². The summed E-state index contributed by atoms with van der Waals surface area (Å²) in [5.41, 5.74) is 1.02. The number of thiazole rings is 1. The predicted molar refractivity (Wildman–Crippen MR) is 61.1 cm³/mol. The van der Waals surface area contributed by atoms with Gasteiger partial charge in [0.05, 0.1) is 5.69 Å². The Morgan fingerprint density at radius 3 is 3.07 bits per heavy atom. The Hall–Kier alpha value is -1.10. The molecule has 0 atom stereocenters. The molecule has 0 spiro atoms.